The maximum absolute atomic E-state index is 10.9. The van der Waals surface area contributed by atoms with Crippen molar-refractivity contribution in [1.29, 1.82) is 0 Å². The van der Waals surface area contributed by atoms with Gasteiger partial charge in [-0.3, -0.25) is 15.1 Å². The van der Waals surface area contributed by atoms with Crippen LogP contribution in [0.4, 0.5) is 17.3 Å². The molecular formula is C16H13N5O3. The fraction of sp³-hybridized carbons (Fsp3) is 0.0625. The molecule has 3 rings (SSSR count). The molecule has 120 valence electrons. The first-order valence-corrected chi connectivity index (χ1v) is 7.06. The van der Waals surface area contributed by atoms with Gasteiger partial charge in [-0.2, -0.15) is 0 Å². The number of aromatic nitrogens is 3. The Kier molecular flexibility index (Phi) is 4.39. The number of nitrogens with zero attached hydrogens (tertiary/aromatic N) is 4. The fourth-order valence-corrected chi connectivity index (χ4v) is 2.15. The van der Waals surface area contributed by atoms with Gasteiger partial charge in [0.2, 0.25) is 5.95 Å². The molecule has 3 aromatic rings. The first-order valence-electron chi connectivity index (χ1n) is 7.06. The third kappa shape index (κ3) is 3.33. The van der Waals surface area contributed by atoms with E-state index < -0.39 is 4.92 Å². The Labute approximate surface area is 137 Å². The largest absolute Gasteiger partial charge is 0.392 e. The van der Waals surface area contributed by atoms with Gasteiger partial charge in [-0.05, 0) is 24.3 Å². The summed E-state index contributed by atoms with van der Waals surface area (Å²) in [6.45, 7) is -0.261. The average molecular weight is 323 g/mol. The number of aliphatic hydroxyl groups is 1. The van der Waals surface area contributed by atoms with E-state index in [1.807, 2.05) is 6.07 Å². The number of pyridine rings is 1. The summed E-state index contributed by atoms with van der Waals surface area (Å²) in [5.41, 5.74) is 2.30. The molecule has 0 unspecified atom stereocenters. The van der Waals surface area contributed by atoms with Gasteiger partial charge in [0.1, 0.15) is 0 Å². The van der Waals surface area contributed by atoms with Gasteiger partial charge in [-0.1, -0.05) is 0 Å². The van der Waals surface area contributed by atoms with Crippen LogP contribution in [0.2, 0.25) is 0 Å². The molecule has 1 aromatic carbocycles. The summed E-state index contributed by atoms with van der Waals surface area (Å²) in [4.78, 5) is 23.0. The first kappa shape index (κ1) is 15.5. The van der Waals surface area contributed by atoms with E-state index in [4.69, 9.17) is 0 Å². The van der Waals surface area contributed by atoms with Crippen molar-refractivity contribution in [2.75, 3.05) is 5.32 Å². The van der Waals surface area contributed by atoms with E-state index in [1.54, 1.807) is 30.7 Å². The van der Waals surface area contributed by atoms with E-state index in [2.05, 4.69) is 20.3 Å². The summed E-state index contributed by atoms with van der Waals surface area (Å²) >= 11 is 0. The van der Waals surface area contributed by atoms with Gasteiger partial charge in [-0.25, -0.2) is 9.97 Å². The number of aliphatic hydroxyl groups excluding tert-OH is 1. The number of nitro groups is 1. The molecule has 0 saturated heterocycles. The Morgan fingerprint density at radius 2 is 2.08 bits per heavy atom. The minimum atomic E-state index is -0.501. The van der Waals surface area contributed by atoms with E-state index in [0.29, 0.717) is 16.9 Å². The standard InChI is InChI=1S/C16H13N5O3/c22-10-12-3-4-13(21(23)24)8-15(12)20-16-18-7-5-14(19-16)11-2-1-6-17-9-11/h1-9,22H,10H2,(H,18,19,20). The van der Waals surface area contributed by atoms with E-state index in [1.165, 1.54) is 18.2 Å². The molecule has 2 heterocycles. The number of anilines is 2. The zero-order valence-corrected chi connectivity index (χ0v) is 12.5. The normalized spacial score (nSPS) is 10.4. The average Bonchev–Trinajstić information content (AvgIpc) is 2.62. The molecule has 0 atom stereocenters. The molecule has 8 heteroatoms. The molecule has 0 aliphatic carbocycles. The summed E-state index contributed by atoms with van der Waals surface area (Å²) in [5, 5.41) is 23.2. The molecule has 0 spiro atoms. The van der Waals surface area contributed by atoms with E-state index in [0.717, 1.165) is 5.56 Å². The van der Waals surface area contributed by atoms with Crippen molar-refractivity contribution in [3.8, 4) is 11.3 Å². The Bertz CT molecular complexity index is 871. The summed E-state index contributed by atoms with van der Waals surface area (Å²) in [6, 6.07) is 9.57. The number of rotatable bonds is 5. The topological polar surface area (TPSA) is 114 Å². The number of nitrogens with one attached hydrogen (secondary N) is 1. The Balaban J connectivity index is 1.94. The second-order valence-electron chi connectivity index (χ2n) is 4.89. The van der Waals surface area contributed by atoms with Crippen molar-refractivity contribution in [2.45, 2.75) is 6.61 Å². The van der Waals surface area contributed by atoms with Crippen LogP contribution >= 0.6 is 0 Å². The van der Waals surface area contributed by atoms with Crippen LogP contribution in [0.1, 0.15) is 5.56 Å². The minimum absolute atomic E-state index is 0.0851. The van der Waals surface area contributed by atoms with Crippen molar-refractivity contribution >= 4 is 17.3 Å². The molecule has 24 heavy (non-hydrogen) atoms. The third-order valence-electron chi connectivity index (χ3n) is 3.33. The van der Waals surface area contributed by atoms with Crippen LogP contribution in [-0.4, -0.2) is 25.0 Å². The number of hydrogen-bond acceptors (Lipinski definition) is 7. The lowest BCUT2D eigenvalue weighted by molar-refractivity contribution is -0.384. The van der Waals surface area contributed by atoms with Gasteiger partial charge >= 0.3 is 0 Å². The zero-order valence-electron chi connectivity index (χ0n) is 12.5. The second-order valence-corrected chi connectivity index (χ2v) is 4.89. The van der Waals surface area contributed by atoms with Crippen LogP contribution in [0, 0.1) is 10.1 Å². The van der Waals surface area contributed by atoms with Crippen LogP contribution in [0.15, 0.2) is 55.0 Å². The van der Waals surface area contributed by atoms with Crippen molar-refractivity contribution in [3.05, 3.63) is 70.7 Å². The molecule has 0 aliphatic heterocycles. The molecule has 2 aromatic heterocycles. The quantitative estimate of drug-likeness (QED) is 0.548. The van der Waals surface area contributed by atoms with Crippen molar-refractivity contribution in [3.63, 3.8) is 0 Å². The summed E-state index contributed by atoms with van der Waals surface area (Å²) in [5.74, 6) is 0.270. The van der Waals surface area contributed by atoms with Crippen LogP contribution in [-0.2, 0) is 6.61 Å². The SMILES string of the molecule is O=[N+]([O-])c1ccc(CO)c(Nc2nccc(-c3cccnc3)n2)c1. The van der Waals surface area contributed by atoms with E-state index >= 15 is 0 Å². The lowest BCUT2D eigenvalue weighted by Crippen LogP contribution is -2.02. The van der Waals surface area contributed by atoms with Gasteiger partial charge < -0.3 is 10.4 Å². The van der Waals surface area contributed by atoms with Crippen LogP contribution in [0.5, 0.6) is 0 Å². The monoisotopic (exact) mass is 323 g/mol. The highest BCUT2D eigenvalue weighted by atomic mass is 16.6. The van der Waals surface area contributed by atoms with Gasteiger partial charge in [-0.15, -0.1) is 0 Å². The lowest BCUT2D eigenvalue weighted by Gasteiger charge is -2.10. The fourth-order valence-electron chi connectivity index (χ4n) is 2.15. The molecule has 0 amide bonds. The van der Waals surface area contributed by atoms with Crippen molar-refractivity contribution < 1.29 is 10.0 Å². The van der Waals surface area contributed by atoms with Gasteiger partial charge in [0.15, 0.2) is 0 Å². The molecule has 0 radical (unpaired) electrons. The molecule has 2 N–H and O–H groups in total. The molecule has 8 nitrogen and oxygen atoms in total. The van der Waals surface area contributed by atoms with Crippen LogP contribution in [0.25, 0.3) is 11.3 Å². The van der Waals surface area contributed by atoms with Gasteiger partial charge in [0, 0.05) is 41.9 Å². The van der Waals surface area contributed by atoms with Crippen molar-refractivity contribution in [1.82, 2.24) is 15.0 Å². The number of non-ortho nitro benzene ring substituents is 1. The van der Waals surface area contributed by atoms with E-state index in [-0.39, 0.29) is 18.2 Å². The summed E-state index contributed by atoms with van der Waals surface area (Å²) in [7, 11) is 0. The van der Waals surface area contributed by atoms with E-state index in [9.17, 15) is 15.2 Å². The predicted molar refractivity (Wildman–Crippen MR) is 87.6 cm³/mol. The second kappa shape index (κ2) is 6.80. The maximum Gasteiger partial charge on any atom is 0.271 e. The Morgan fingerprint density at radius 3 is 2.79 bits per heavy atom. The molecule has 0 saturated carbocycles. The Hall–Kier alpha value is -3.39. The minimum Gasteiger partial charge on any atom is -0.392 e. The van der Waals surface area contributed by atoms with Crippen LogP contribution < -0.4 is 5.32 Å². The zero-order chi connectivity index (χ0) is 16.9. The lowest BCUT2D eigenvalue weighted by atomic mass is 10.1. The summed E-state index contributed by atoms with van der Waals surface area (Å²) < 4.78 is 0. The molecule has 0 aliphatic rings. The number of benzene rings is 1. The highest BCUT2D eigenvalue weighted by Gasteiger charge is 2.12. The highest BCUT2D eigenvalue weighted by molar-refractivity contribution is 5.65. The number of hydrogen-bond donors (Lipinski definition) is 2. The third-order valence-corrected chi connectivity index (χ3v) is 3.33. The van der Waals surface area contributed by atoms with Gasteiger partial charge in [0.25, 0.3) is 5.69 Å². The number of nitro benzene ring substituents is 1. The first-order chi connectivity index (χ1) is 11.7. The molecule has 0 fully saturated rings. The summed E-state index contributed by atoms with van der Waals surface area (Å²) in [6.07, 6.45) is 4.92. The van der Waals surface area contributed by atoms with Crippen LogP contribution in [0.3, 0.4) is 0 Å². The molecular weight excluding hydrogens is 310 g/mol. The smallest absolute Gasteiger partial charge is 0.271 e. The van der Waals surface area contributed by atoms with Gasteiger partial charge in [0.05, 0.1) is 22.9 Å². The Morgan fingerprint density at radius 1 is 1.21 bits per heavy atom. The van der Waals surface area contributed by atoms with Crippen molar-refractivity contribution in [2.24, 2.45) is 0 Å². The highest BCUT2D eigenvalue weighted by Crippen LogP contribution is 2.25. The maximum atomic E-state index is 10.9. The molecule has 0 bridgehead atoms. The predicted octanol–water partition coefficient (Wildman–Crippen LogP) is 2.68.